The van der Waals surface area contributed by atoms with Crippen LogP contribution in [-0.4, -0.2) is 16.2 Å². The summed E-state index contributed by atoms with van der Waals surface area (Å²) >= 11 is 0. The molecule has 4 N–H and O–H groups in total. The molecule has 0 heterocycles. The summed E-state index contributed by atoms with van der Waals surface area (Å²) in [4.78, 5) is 10.4. The van der Waals surface area contributed by atoms with Crippen molar-refractivity contribution in [1.82, 2.24) is 0 Å². The van der Waals surface area contributed by atoms with E-state index in [2.05, 4.69) is 0 Å². The van der Waals surface area contributed by atoms with Crippen molar-refractivity contribution >= 4 is 5.97 Å². The molecule has 0 aromatic heterocycles. The van der Waals surface area contributed by atoms with Crippen LogP contribution in [0.5, 0.6) is 0 Å². The fourth-order valence-electron chi connectivity index (χ4n) is 0.956. The van der Waals surface area contributed by atoms with Gasteiger partial charge < -0.3 is 15.9 Å². The zero-order valence-corrected chi connectivity index (χ0v) is 5.87. The molecule has 0 aromatic carbocycles. The van der Waals surface area contributed by atoms with Crippen molar-refractivity contribution in [2.75, 3.05) is 0 Å². The molecule has 4 heteroatoms. The van der Waals surface area contributed by atoms with Crippen molar-refractivity contribution in [2.24, 2.45) is 5.73 Å². The quantitative estimate of drug-likeness (QED) is 0.515. The van der Waals surface area contributed by atoms with Crippen LogP contribution in [0, 0.1) is 0 Å². The second kappa shape index (κ2) is 2.65. The van der Waals surface area contributed by atoms with Gasteiger partial charge in [0, 0.05) is 6.42 Å². The van der Waals surface area contributed by atoms with Gasteiger partial charge in [0.05, 0.1) is 11.3 Å². The second-order valence-electron chi connectivity index (χ2n) is 2.32. The molecule has 0 fully saturated rings. The predicted molar refractivity (Wildman–Crippen MR) is 38.8 cm³/mol. The highest BCUT2D eigenvalue weighted by atomic mass is 16.4. The first kappa shape index (κ1) is 7.65. The molecule has 0 aromatic rings. The van der Waals surface area contributed by atoms with Crippen molar-refractivity contribution < 1.29 is 15.0 Å². The van der Waals surface area contributed by atoms with Crippen LogP contribution < -0.4 is 5.73 Å². The summed E-state index contributed by atoms with van der Waals surface area (Å²) in [6, 6.07) is 0. The molecule has 0 atom stereocenters. The first-order valence-corrected chi connectivity index (χ1v) is 3.24. The zero-order valence-electron chi connectivity index (χ0n) is 5.87. The number of hydrogen-bond donors (Lipinski definition) is 3. The number of aliphatic hydroxyl groups is 1. The maximum Gasteiger partial charge on any atom is 0.337 e. The average Bonchev–Trinajstić information content (AvgIpc) is 1.94. The van der Waals surface area contributed by atoms with Gasteiger partial charge in [-0.1, -0.05) is 6.08 Å². The Morgan fingerprint density at radius 3 is 2.73 bits per heavy atom. The van der Waals surface area contributed by atoms with Gasteiger partial charge in [0.15, 0.2) is 0 Å². The van der Waals surface area contributed by atoms with Crippen LogP contribution in [0.3, 0.4) is 0 Å². The monoisotopic (exact) mass is 155 g/mol. The number of rotatable bonds is 1. The third-order valence-corrected chi connectivity index (χ3v) is 1.56. The van der Waals surface area contributed by atoms with Gasteiger partial charge in [-0.05, 0) is 6.42 Å². The topological polar surface area (TPSA) is 83.5 Å². The normalized spacial score (nSPS) is 18.0. The lowest BCUT2D eigenvalue weighted by Crippen LogP contribution is -2.15. The van der Waals surface area contributed by atoms with Crippen molar-refractivity contribution in [2.45, 2.75) is 12.8 Å². The highest BCUT2D eigenvalue weighted by molar-refractivity contribution is 5.91. The average molecular weight is 155 g/mol. The van der Waals surface area contributed by atoms with Crippen LogP contribution in [0.15, 0.2) is 23.1 Å². The van der Waals surface area contributed by atoms with E-state index in [0.29, 0.717) is 12.8 Å². The highest BCUT2D eigenvalue weighted by Gasteiger charge is 2.17. The zero-order chi connectivity index (χ0) is 8.43. The predicted octanol–water partition coefficient (Wildman–Crippen LogP) is 0.519. The molecular formula is C7H9NO3. The maximum absolute atomic E-state index is 10.4. The minimum Gasteiger partial charge on any atom is -0.510 e. The van der Waals surface area contributed by atoms with E-state index in [0.717, 1.165) is 0 Å². The summed E-state index contributed by atoms with van der Waals surface area (Å²) in [5.74, 6) is -1.11. The number of aliphatic carboxylic acids is 1. The van der Waals surface area contributed by atoms with Gasteiger partial charge in [0.25, 0.3) is 0 Å². The lowest BCUT2D eigenvalue weighted by Gasteiger charge is -2.10. The van der Waals surface area contributed by atoms with Crippen molar-refractivity contribution in [1.29, 1.82) is 0 Å². The van der Waals surface area contributed by atoms with Crippen LogP contribution >= 0.6 is 0 Å². The van der Waals surface area contributed by atoms with E-state index in [1.807, 2.05) is 0 Å². The number of hydrogen-bond acceptors (Lipinski definition) is 3. The first-order valence-electron chi connectivity index (χ1n) is 3.24. The minimum absolute atomic E-state index is 0.00810. The molecule has 0 unspecified atom stereocenters. The van der Waals surface area contributed by atoms with Gasteiger partial charge in [0.2, 0.25) is 0 Å². The van der Waals surface area contributed by atoms with Crippen LogP contribution in [0.1, 0.15) is 12.8 Å². The van der Waals surface area contributed by atoms with Gasteiger partial charge in [0.1, 0.15) is 5.76 Å². The molecule has 60 valence electrons. The minimum atomic E-state index is -1.09. The summed E-state index contributed by atoms with van der Waals surface area (Å²) in [6.45, 7) is 0. The Morgan fingerprint density at radius 1 is 1.64 bits per heavy atom. The number of carboxylic acids is 1. The Morgan fingerprint density at radius 2 is 2.27 bits per heavy atom. The Hall–Kier alpha value is -1.45. The Balaban J connectivity index is 2.98. The number of allylic oxidation sites excluding steroid dienone is 2. The SMILES string of the molecule is NC1=C(O)CCC=C1C(=O)O. The molecule has 1 aliphatic rings. The molecule has 11 heavy (non-hydrogen) atoms. The molecule has 4 nitrogen and oxygen atoms in total. The summed E-state index contributed by atoms with van der Waals surface area (Å²) in [6.07, 6.45) is 2.48. The molecule has 0 aliphatic heterocycles. The first-order chi connectivity index (χ1) is 5.13. The molecule has 0 saturated heterocycles. The molecule has 0 spiro atoms. The largest absolute Gasteiger partial charge is 0.510 e. The van der Waals surface area contributed by atoms with E-state index in [1.54, 1.807) is 0 Å². The summed E-state index contributed by atoms with van der Waals surface area (Å²) < 4.78 is 0. The van der Waals surface area contributed by atoms with Crippen LogP contribution in [0.4, 0.5) is 0 Å². The third-order valence-electron chi connectivity index (χ3n) is 1.56. The fourth-order valence-corrected chi connectivity index (χ4v) is 0.956. The van der Waals surface area contributed by atoms with Gasteiger partial charge in [-0.25, -0.2) is 4.79 Å². The molecule has 0 saturated carbocycles. The van der Waals surface area contributed by atoms with E-state index in [1.165, 1.54) is 6.08 Å². The Bertz CT molecular complexity index is 252. The molecule has 0 amide bonds. The lowest BCUT2D eigenvalue weighted by molar-refractivity contribution is -0.132. The fraction of sp³-hybridized carbons (Fsp3) is 0.286. The van der Waals surface area contributed by atoms with Gasteiger partial charge in [-0.2, -0.15) is 0 Å². The van der Waals surface area contributed by atoms with E-state index < -0.39 is 5.97 Å². The Kier molecular flexibility index (Phi) is 1.85. The van der Waals surface area contributed by atoms with Crippen LogP contribution in [0.2, 0.25) is 0 Å². The van der Waals surface area contributed by atoms with Crippen LogP contribution in [-0.2, 0) is 4.79 Å². The third kappa shape index (κ3) is 1.34. The number of aliphatic hydroxyl groups excluding tert-OH is 1. The van der Waals surface area contributed by atoms with Gasteiger partial charge >= 0.3 is 5.97 Å². The molecule has 1 aliphatic carbocycles. The number of carbonyl (C=O) groups is 1. The van der Waals surface area contributed by atoms with Gasteiger partial charge in [-0.3, -0.25) is 0 Å². The molecule has 0 bridgehead atoms. The van der Waals surface area contributed by atoms with Crippen molar-refractivity contribution in [3.63, 3.8) is 0 Å². The molecule has 0 radical (unpaired) electrons. The Labute approximate surface area is 63.6 Å². The summed E-state index contributed by atoms with van der Waals surface area (Å²) in [5.41, 5.74) is 5.30. The van der Waals surface area contributed by atoms with Crippen molar-refractivity contribution in [3.05, 3.63) is 23.1 Å². The highest BCUT2D eigenvalue weighted by Crippen LogP contribution is 2.19. The van der Waals surface area contributed by atoms with Crippen molar-refractivity contribution in [3.8, 4) is 0 Å². The standard InChI is InChI=1S/C7H9NO3/c8-6-4(7(10)11)2-1-3-5(6)9/h2,9H,1,3,8H2,(H,10,11). The van der Waals surface area contributed by atoms with Crippen LogP contribution in [0.25, 0.3) is 0 Å². The molecular weight excluding hydrogens is 146 g/mol. The summed E-state index contributed by atoms with van der Waals surface area (Å²) in [5, 5.41) is 17.6. The second-order valence-corrected chi connectivity index (χ2v) is 2.32. The smallest absolute Gasteiger partial charge is 0.337 e. The van der Waals surface area contributed by atoms with Gasteiger partial charge in [-0.15, -0.1) is 0 Å². The maximum atomic E-state index is 10.4. The lowest BCUT2D eigenvalue weighted by atomic mass is 10.0. The number of carboxylic acid groups (broad SMARTS) is 1. The van der Waals surface area contributed by atoms with E-state index in [-0.39, 0.29) is 17.0 Å². The number of nitrogens with two attached hydrogens (primary N) is 1. The van der Waals surface area contributed by atoms with E-state index in [9.17, 15) is 4.79 Å². The van der Waals surface area contributed by atoms with E-state index >= 15 is 0 Å². The molecule has 1 rings (SSSR count). The van der Waals surface area contributed by atoms with E-state index in [4.69, 9.17) is 15.9 Å². The summed E-state index contributed by atoms with van der Waals surface area (Å²) in [7, 11) is 0.